The van der Waals surface area contributed by atoms with Crippen molar-refractivity contribution >= 4 is 17.2 Å². The minimum Gasteiger partial charge on any atom is -0.493 e. The Morgan fingerprint density at radius 2 is 1.82 bits per heavy atom. The fraction of sp³-hybridized carbons (Fsp3) is 0.448. The van der Waals surface area contributed by atoms with Gasteiger partial charge in [-0.1, -0.05) is 0 Å². The number of pyridine rings is 2. The van der Waals surface area contributed by atoms with Gasteiger partial charge in [0.05, 0.1) is 23.9 Å². The number of nitrogens with one attached hydrogen (secondary N) is 1. The summed E-state index contributed by atoms with van der Waals surface area (Å²) < 4.78 is 20.2. The zero-order valence-corrected chi connectivity index (χ0v) is 22.3. The first-order chi connectivity index (χ1) is 19.0. The largest absolute Gasteiger partial charge is 0.493 e. The highest BCUT2D eigenvalue weighted by Gasteiger charge is 2.27. The summed E-state index contributed by atoms with van der Waals surface area (Å²) in [5.74, 6) is 2.68. The van der Waals surface area contributed by atoms with E-state index in [4.69, 9.17) is 14.2 Å². The molecule has 2 N–H and O–H groups in total. The molecule has 0 radical (unpaired) electrons. The first-order valence-corrected chi connectivity index (χ1v) is 13.7. The first-order valence-electron chi connectivity index (χ1n) is 13.7. The van der Waals surface area contributed by atoms with Gasteiger partial charge in [-0.3, -0.25) is 0 Å². The fourth-order valence-corrected chi connectivity index (χ4v) is 5.39. The molecule has 204 valence electrons. The summed E-state index contributed by atoms with van der Waals surface area (Å²) in [6.07, 6.45) is 10.7. The predicted octanol–water partition coefficient (Wildman–Crippen LogP) is 5.49. The van der Waals surface area contributed by atoms with Crippen molar-refractivity contribution in [2.45, 2.75) is 77.3 Å². The molecule has 2 fully saturated rings. The van der Waals surface area contributed by atoms with Crippen molar-refractivity contribution in [1.82, 2.24) is 24.6 Å². The number of aryl methyl sites for hydroxylation is 2. The van der Waals surface area contributed by atoms with Crippen LogP contribution in [0, 0.1) is 13.8 Å². The van der Waals surface area contributed by atoms with Gasteiger partial charge in [0, 0.05) is 42.3 Å². The highest BCUT2D eigenvalue weighted by molar-refractivity contribution is 5.75. The number of nitrogens with zero attached hydrogens (tertiary/aromatic N) is 5. The Morgan fingerprint density at radius 1 is 0.974 bits per heavy atom. The molecule has 0 bridgehead atoms. The van der Waals surface area contributed by atoms with Crippen LogP contribution in [-0.2, 0) is 9.47 Å². The summed E-state index contributed by atoms with van der Waals surface area (Å²) in [5.41, 5.74) is 3.47. The van der Waals surface area contributed by atoms with Crippen LogP contribution in [0.1, 0.15) is 56.5 Å². The average molecular weight is 531 g/mol. The number of rotatable bonds is 7. The monoisotopic (exact) mass is 530 g/mol. The molecule has 10 nitrogen and oxygen atoms in total. The molecule has 4 aromatic heterocycles. The van der Waals surface area contributed by atoms with Crippen LogP contribution >= 0.6 is 0 Å². The van der Waals surface area contributed by atoms with Crippen molar-refractivity contribution in [2.24, 2.45) is 0 Å². The van der Waals surface area contributed by atoms with Crippen LogP contribution in [0.3, 0.4) is 0 Å². The number of aromatic nitrogens is 5. The van der Waals surface area contributed by atoms with Gasteiger partial charge in [-0.05, 0) is 76.5 Å². The Balaban J connectivity index is 1.16. The fourth-order valence-electron chi connectivity index (χ4n) is 5.39. The summed E-state index contributed by atoms with van der Waals surface area (Å²) in [7, 11) is 0. The van der Waals surface area contributed by atoms with E-state index in [1.165, 1.54) is 6.42 Å². The van der Waals surface area contributed by atoms with Crippen LogP contribution in [-0.4, -0.2) is 54.8 Å². The SMILES string of the molecule is Cc1cc(Nc2cc3cc(-c4cc(O)ncc4OC4CCC(OC5CCCCO5)CC4)ccn3n2)nc(C)n1. The van der Waals surface area contributed by atoms with Crippen molar-refractivity contribution in [1.29, 1.82) is 0 Å². The van der Waals surface area contributed by atoms with E-state index in [1.807, 2.05) is 44.3 Å². The molecule has 10 heteroatoms. The standard InChI is InChI=1S/C29H34N6O4/c1-18-13-26(32-19(2)31-18)33-27-15-21-14-20(10-11-35(21)34-27)24-16-28(36)30-17-25(24)38-22-6-8-23(9-7-22)39-29-5-3-4-12-37-29/h10-11,13-17,22-23,29H,3-9,12H2,1-2H3,(H,30,36)(H,31,32,33,34). The molecule has 4 aromatic rings. The summed E-state index contributed by atoms with van der Waals surface area (Å²) >= 11 is 0. The number of ether oxygens (including phenoxy) is 3. The van der Waals surface area contributed by atoms with Gasteiger partial charge in [0.15, 0.2) is 12.1 Å². The smallest absolute Gasteiger partial charge is 0.211 e. The third-order valence-corrected chi connectivity index (χ3v) is 7.25. The Bertz CT molecular complexity index is 1420. The van der Waals surface area contributed by atoms with Crippen molar-refractivity contribution in [3.05, 3.63) is 54.2 Å². The molecule has 39 heavy (non-hydrogen) atoms. The molecule has 1 aliphatic heterocycles. The highest BCUT2D eigenvalue weighted by Crippen LogP contribution is 2.36. The Morgan fingerprint density at radius 3 is 2.62 bits per heavy atom. The molecule has 1 saturated heterocycles. The molecule has 0 aromatic carbocycles. The lowest BCUT2D eigenvalue weighted by Crippen LogP contribution is -2.33. The van der Waals surface area contributed by atoms with E-state index in [-0.39, 0.29) is 24.4 Å². The van der Waals surface area contributed by atoms with Crippen molar-refractivity contribution in [3.63, 3.8) is 0 Å². The molecule has 2 aliphatic rings. The van der Waals surface area contributed by atoms with E-state index >= 15 is 0 Å². The Hall–Kier alpha value is -3.76. The van der Waals surface area contributed by atoms with Gasteiger partial charge in [-0.25, -0.2) is 19.5 Å². The van der Waals surface area contributed by atoms with Crippen LogP contribution in [0.5, 0.6) is 11.6 Å². The van der Waals surface area contributed by atoms with Crippen LogP contribution in [0.2, 0.25) is 0 Å². The average Bonchev–Trinajstić information content (AvgIpc) is 3.32. The van der Waals surface area contributed by atoms with Gasteiger partial charge in [0.25, 0.3) is 0 Å². The number of hydrogen-bond donors (Lipinski definition) is 2. The van der Waals surface area contributed by atoms with Crippen LogP contribution in [0.25, 0.3) is 16.6 Å². The van der Waals surface area contributed by atoms with E-state index in [9.17, 15) is 5.11 Å². The number of fused-ring (bicyclic) bond motifs is 1. The first kappa shape index (κ1) is 25.5. The van der Waals surface area contributed by atoms with E-state index in [0.29, 0.717) is 23.2 Å². The molecule has 6 rings (SSSR count). The predicted molar refractivity (Wildman–Crippen MR) is 146 cm³/mol. The maximum absolute atomic E-state index is 10.2. The van der Waals surface area contributed by atoms with Gasteiger partial charge < -0.3 is 24.6 Å². The number of aromatic hydroxyl groups is 1. The second-order valence-electron chi connectivity index (χ2n) is 10.4. The molecule has 1 unspecified atom stereocenters. The van der Waals surface area contributed by atoms with Crippen molar-refractivity contribution < 1.29 is 19.3 Å². The zero-order valence-electron chi connectivity index (χ0n) is 22.3. The van der Waals surface area contributed by atoms with Crippen molar-refractivity contribution in [3.8, 4) is 22.8 Å². The lowest BCUT2D eigenvalue weighted by molar-refractivity contribution is -0.195. The Kier molecular flexibility index (Phi) is 7.30. The minimum absolute atomic E-state index is 0.0489. The molecule has 1 saturated carbocycles. The van der Waals surface area contributed by atoms with E-state index in [1.54, 1.807) is 16.8 Å². The number of hydrogen-bond acceptors (Lipinski definition) is 9. The second kappa shape index (κ2) is 11.2. The second-order valence-corrected chi connectivity index (χ2v) is 10.4. The van der Waals surface area contributed by atoms with Gasteiger partial charge in [-0.2, -0.15) is 5.10 Å². The molecule has 0 amide bonds. The summed E-state index contributed by atoms with van der Waals surface area (Å²) in [5, 5.41) is 18.1. The van der Waals surface area contributed by atoms with Gasteiger partial charge >= 0.3 is 0 Å². The lowest BCUT2D eigenvalue weighted by Gasteiger charge is -2.33. The van der Waals surface area contributed by atoms with Crippen molar-refractivity contribution in [2.75, 3.05) is 11.9 Å². The van der Waals surface area contributed by atoms with Crippen LogP contribution in [0.15, 0.2) is 42.7 Å². The molecule has 1 aliphatic carbocycles. The minimum atomic E-state index is -0.0579. The normalized spacial score (nSPS) is 21.6. The highest BCUT2D eigenvalue weighted by atomic mass is 16.7. The van der Waals surface area contributed by atoms with Gasteiger partial charge in [0.2, 0.25) is 5.88 Å². The third kappa shape index (κ3) is 6.12. The van der Waals surface area contributed by atoms with Crippen LogP contribution < -0.4 is 10.1 Å². The number of anilines is 2. The zero-order chi connectivity index (χ0) is 26.8. The molecule has 5 heterocycles. The maximum atomic E-state index is 10.2. The van der Waals surface area contributed by atoms with Gasteiger partial charge in [-0.15, -0.1) is 0 Å². The summed E-state index contributed by atoms with van der Waals surface area (Å²) in [4.78, 5) is 12.9. The third-order valence-electron chi connectivity index (χ3n) is 7.25. The Labute approximate surface area is 227 Å². The van der Waals surface area contributed by atoms with Crippen LogP contribution in [0.4, 0.5) is 11.6 Å². The quantitative estimate of drug-likeness (QED) is 0.320. The van der Waals surface area contributed by atoms with E-state index in [2.05, 4.69) is 25.4 Å². The maximum Gasteiger partial charge on any atom is 0.211 e. The molecular weight excluding hydrogens is 496 g/mol. The van der Waals surface area contributed by atoms with Gasteiger partial charge in [0.1, 0.15) is 17.4 Å². The topological polar surface area (TPSA) is 116 Å². The lowest BCUT2D eigenvalue weighted by atomic mass is 9.94. The van der Waals surface area contributed by atoms with E-state index in [0.717, 1.165) is 67.5 Å². The summed E-state index contributed by atoms with van der Waals surface area (Å²) in [6, 6.07) is 9.47. The molecule has 1 atom stereocenters. The molecule has 0 spiro atoms. The molecular formula is C29H34N6O4. The summed E-state index contributed by atoms with van der Waals surface area (Å²) in [6.45, 7) is 4.60. The van der Waals surface area contributed by atoms with E-state index < -0.39 is 0 Å².